The normalized spacial score (nSPS) is 11.8. The molecule has 0 fully saturated rings. The summed E-state index contributed by atoms with van der Waals surface area (Å²) in [6, 6.07) is 82.8. The average Bonchev–Trinajstić information content (AvgIpc) is 3.88. The molecule has 13 aromatic rings. The van der Waals surface area contributed by atoms with Crippen LogP contribution in [0.3, 0.4) is 0 Å². The summed E-state index contributed by atoms with van der Waals surface area (Å²) in [4.78, 5) is 11.4. The average molecular weight is 815 g/mol. The molecule has 0 atom stereocenters. The van der Waals surface area contributed by atoms with Crippen molar-refractivity contribution in [3.8, 4) is 56.3 Å². The van der Waals surface area contributed by atoms with Gasteiger partial charge < -0.3 is 4.57 Å². The molecule has 0 aliphatic carbocycles. The van der Waals surface area contributed by atoms with Crippen LogP contribution in [0.1, 0.15) is 0 Å². The van der Waals surface area contributed by atoms with Gasteiger partial charge in [-0.05, 0) is 105 Å². The van der Waals surface area contributed by atoms with E-state index in [1.165, 1.54) is 27.3 Å². The molecule has 0 bridgehead atoms. The molecule has 0 aliphatic heterocycles. The van der Waals surface area contributed by atoms with Gasteiger partial charge in [0, 0.05) is 38.2 Å². The van der Waals surface area contributed by atoms with E-state index in [1.807, 2.05) is 0 Å². The molecular weight excluding hydrogens is 777 g/mol. The first kappa shape index (κ1) is 36.1. The second kappa shape index (κ2) is 14.5. The third-order valence-corrected chi connectivity index (χ3v) is 12.9. The Balaban J connectivity index is 1.18. The summed E-state index contributed by atoms with van der Waals surface area (Å²) in [6.45, 7) is 0. The maximum Gasteiger partial charge on any atom is 0.235 e. The van der Waals surface area contributed by atoms with Crippen LogP contribution in [0, 0.1) is 0 Å². The van der Waals surface area contributed by atoms with E-state index in [0.29, 0.717) is 5.95 Å². The Labute approximate surface area is 369 Å². The molecule has 0 aliphatic rings. The fourth-order valence-electron chi connectivity index (χ4n) is 9.98. The Morgan fingerprint density at radius 3 is 1.61 bits per heavy atom. The predicted molar refractivity (Wildman–Crippen MR) is 267 cm³/mol. The van der Waals surface area contributed by atoms with Crippen molar-refractivity contribution in [1.29, 1.82) is 0 Å². The third-order valence-electron chi connectivity index (χ3n) is 12.9. The molecule has 0 spiro atoms. The zero-order valence-corrected chi connectivity index (χ0v) is 34.7. The Kier molecular flexibility index (Phi) is 8.18. The predicted octanol–water partition coefficient (Wildman–Crippen LogP) is 15.6. The Hall–Kier alpha value is -8.60. The number of hydrogen-bond acceptors (Lipinski definition) is 2. The topological polar surface area (TPSA) is 35.6 Å². The quantitative estimate of drug-likeness (QED) is 0.168. The molecule has 0 saturated carbocycles. The molecular formula is C60H38N4. The van der Waals surface area contributed by atoms with Crippen LogP contribution < -0.4 is 0 Å². The molecule has 0 amide bonds. The van der Waals surface area contributed by atoms with E-state index in [1.54, 1.807) is 0 Å². The lowest BCUT2D eigenvalue weighted by Crippen LogP contribution is -2.04. The fourth-order valence-corrected chi connectivity index (χ4v) is 9.98. The molecule has 0 N–H and O–H groups in total. The largest absolute Gasteiger partial charge is 0.309 e. The van der Waals surface area contributed by atoms with Crippen molar-refractivity contribution in [2.45, 2.75) is 0 Å². The van der Waals surface area contributed by atoms with Gasteiger partial charge in [-0.1, -0.05) is 170 Å². The van der Waals surface area contributed by atoms with Crippen molar-refractivity contribution >= 4 is 65.3 Å². The van der Waals surface area contributed by atoms with E-state index in [9.17, 15) is 0 Å². The van der Waals surface area contributed by atoms with Gasteiger partial charge in [-0.2, -0.15) is 0 Å². The van der Waals surface area contributed by atoms with Crippen molar-refractivity contribution in [1.82, 2.24) is 19.1 Å². The van der Waals surface area contributed by atoms with Gasteiger partial charge in [-0.25, -0.2) is 9.97 Å². The maximum atomic E-state index is 5.79. The second-order valence-corrected chi connectivity index (χ2v) is 16.6. The summed E-state index contributed by atoms with van der Waals surface area (Å²) in [5.74, 6) is 0.625. The van der Waals surface area contributed by atoms with Crippen molar-refractivity contribution in [2.24, 2.45) is 0 Å². The van der Waals surface area contributed by atoms with Crippen LogP contribution in [0.15, 0.2) is 231 Å². The van der Waals surface area contributed by atoms with Crippen molar-refractivity contribution < 1.29 is 0 Å². The molecule has 3 heterocycles. The number of fused-ring (bicyclic) bond motifs is 8. The number of aromatic nitrogens is 4. The molecule has 13 rings (SSSR count). The first-order valence-corrected chi connectivity index (χ1v) is 21.8. The standard InChI is InChI=1S/C60H38N4/c1-5-18-39(19-6-1)44-32-33-55-50(35-44)51-34-42-24-13-14-25-43(42)36-57(51)64(55)60-61-53-38-49(41-22-9-3-10-23-41)48(40-20-7-2-8-21-40)37-52(53)59(62-60)47-29-17-31-56-58(47)46-28-15-16-30-54(46)63(56)45-26-11-4-12-27-45/h1-38H. The van der Waals surface area contributed by atoms with Gasteiger partial charge in [0.25, 0.3) is 0 Å². The van der Waals surface area contributed by atoms with Gasteiger partial charge in [0.05, 0.1) is 33.3 Å². The highest BCUT2D eigenvalue weighted by molar-refractivity contribution is 6.18. The molecule has 4 heteroatoms. The van der Waals surface area contributed by atoms with E-state index in [4.69, 9.17) is 9.97 Å². The minimum Gasteiger partial charge on any atom is -0.309 e. The third kappa shape index (κ3) is 5.70. The highest BCUT2D eigenvalue weighted by Gasteiger charge is 2.23. The summed E-state index contributed by atoms with van der Waals surface area (Å²) >= 11 is 0. The van der Waals surface area contributed by atoms with E-state index in [-0.39, 0.29) is 0 Å². The van der Waals surface area contributed by atoms with Crippen LogP contribution in [-0.4, -0.2) is 19.1 Å². The maximum absolute atomic E-state index is 5.79. The van der Waals surface area contributed by atoms with Crippen molar-refractivity contribution in [3.63, 3.8) is 0 Å². The lowest BCUT2D eigenvalue weighted by Gasteiger charge is -2.17. The van der Waals surface area contributed by atoms with Gasteiger partial charge >= 0.3 is 0 Å². The minimum atomic E-state index is 0.625. The van der Waals surface area contributed by atoms with Gasteiger partial charge in [-0.3, -0.25) is 4.57 Å². The van der Waals surface area contributed by atoms with Gasteiger partial charge in [0.15, 0.2) is 0 Å². The summed E-state index contributed by atoms with van der Waals surface area (Å²) in [6.07, 6.45) is 0. The first-order chi connectivity index (χ1) is 31.7. The Morgan fingerprint density at radius 2 is 0.875 bits per heavy atom. The van der Waals surface area contributed by atoms with E-state index in [0.717, 1.165) is 88.3 Å². The molecule has 10 aromatic carbocycles. The van der Waals surface area contributed by atoms with E-state index in [2.05, 4.69) is 240 Å². The van der Waals surface area contributed by atoms with Crippen molar-refractivity contribution in [3.05, 3.63) is 231 Å². The van der Waals surface area contributed by atoms with Gasteiger partial charge in [-0.15, -0.1) is 0 Å². The van der Waals surface area contributed by atoms with Crippen LogP contribution >= 0.6 is 0 Å². The summed E-state index contributed by atoms with van der Waals surface area (Å²) in [5.41, 5.74) is 15.2. The Bertz CT molecular complexity index is 3930. The zero-order valence-electron chi connectivity index (χ0n) is 34.7. The Morgan fingerprint density at radius 1 is 0.297 bits per heavy atom. The molecule has 0 radical (unpaired) electrons. The van der Waals surface area contributed by atoms with Crippen LogP contribution in [-0.2, 0) is 0 Å². The number of hydrogen-bond donors (Lipinski definition) is 0. The van der Waals surface area contributed by atoms with E-state index < -0.39 is 0 Å². The highest BCUT2D eigenvalue weighted by Crippen LogP contribution is 2.44. The SMILES string of the molecule is c1ccc(-c2ccc3c(c2)c2cc4ccccc4cc2n3-c2nc(-c3cccc4c3c3ccccc3n4-c3ccccc3)c3cc(-c4ccccc4)c(-c4ccccc4)cc3n2)cc1. The fraction of sp³-hybridized carbons (Fsp3) is 0. The smallest absolute Gasteiger partial charge is 0.235 e. The number of nitrogens with zero attached hydrogens (tertiary/aromatic N) is 4. The molecule has 298 valence electrons. The second-order valence-electron chi connectivity index (χ2n) is 16.6. The molecule has 0 unspecified atom stereocenters. The van der Waals surface area contributed by atoms with Crippen LogP contribution in [0.5, 0.6) is 0 Å². The number of para-hydroxylation sites is 2. The molecule has 0 saturated heterocycles. The summed E-state index contributed by atoms with van der Waals surface area (Å²) < 4.78 is 4.67. The highest BCUT2D eigenvalue weighted by atomic mass is 15.2. The molecule has 4 nitrogen and oxygen atoms in total. The molecule has 3 aromatic heterocycles. The van der Waals surface area contributed by atoms with E-state index >= 15 is 0 Å². The lowest BCUT2D eigenvalue weighted by molar-refractivity contribution is 1.01. The summed E-state index contributed by atoms with van der Waals surface area (Å²) in [7, 11) is 0. The molecule has 64 heavy (non-hydrogen) atoms. The number of rotatable bonds is 6. The van der Waals surface area contributed by atoms with Gasteiger partial charge in [0.1, 0.15) is 0 Å². The minimum absolute atomic E-state index is 0.625. The summed E-state index contributed by atoms with van der Waals surface area (Å²) in [5, 5.41) is 8.00. The van der Waals surface area contributed by atoms with Crippen LogP contribution in [0.2, 0.25) is 0 Å². The van der Waals surface area contributed by atoms with Crippen LogP contribution in [0.25, 0.3) is 122 Å². The monoisotopic (exact) mass is 814 g/mol. The zero-order chi connectivity index (χ0) is 42.1. The van der Waals surface area contributed by atoms with Crippen molar-refractivity contribution in [2.75, 3.05) is 0 Å². The first-order valence-electron chi connectivity index (χ1n) is 21.8. The lowest BCUT2D eigenvalue weighted by atomic mass is 9.91. The number of benzene rings is 10. The van der Waals surface area contributed by atoms with Gasteiger partial charge in [0.2, 0.25) is 5.95 Å². The van der Waals surface area contributed by atoms with Crippen LogP contribution in [0.4, 0.5) is 0 Å².